The summed E-state index contributed by atoms with van der Waals surface area (Å²) < 4.78 is 19.4. The van der Waals surface area contributed by atoms with Crippen LogP contribution in [0.4, 0.5) is 17.1 Å². The van der Waals surface area contributed by atoms with E-state index in [4.69, 9.17) is 13.3 Å². The summed E-state index contributed by atoms with van der Waals surface area (Å²) in [4.78, 5) is 2.30. The molecule has 3 heterocycles. The van der Waals surface area contributed by atoms with Crippen molar-refractivity contribution in [1.29, 1.82) is 0 Å². The van der Waals surface area contributed by atoms with Crippen molar-refractivity contribution in [2.45, 2.75) is 0 Å². The molecule has 0 amide bonds. The highest BCUT2D eigenvalue weighted by atomic mass is 16.3. The van der Waals surface area contributed by atoms with Gasteiger partial charge in [-0.05, 0) is 82.7 Å². The highest BCUT2D eigenvalue weighted by molar-refractivity contribution is 6.20. The fourth-order valence-corrected chi connectivity index (χ4v) is 8.65. The van der Waals surface area contributed by atoms with Gasteiger partial charge in [0.25, 0.3) is 0 Å². The van der Waals surface area contributed by atoms with Crippen LogP contribution in [0.5, 0.6) is 0 Å². The Kier molecular flexibility index (Phi) is 6.60. The molecule has 12 rings (SSSR count). The first-order chi connectivity index (χ1) is 27.7. The van der Waals surface area contributed by atoms with Gasteiger partial charge < -0.3 is 18.2 Å². The molecule has 0 aliphatic heterocycles. The van der Waals surface area contributed by atoms with Gasteiger partial charge in [0.1, 0.15) is 33.5 Å². The minimum Gasteiger partial charge on any atom is -0.456 e. The molecule has 0 saturated carbocycles. The highest BCUT2D eigenvalue weighted by Crippen LogP contribution is 2.45. The second-order valence-corrected chi connectivity index (χ2v) is 14.4. The molecular weight excluding hydrogens is 687 g/mol. The van der Waals surface area contributed by atoms with Crippen molar-refractivity contribution in [3.63, 3.8) is 0 Å². The molecular formula is C52H31NO3. The van der Waals surface area contributed by atoms with E-state index in [-0.39, 0.29) is 0 Å². The normalized spacial score (nSPS) is 11.9. The van der Waals surface area contributed by atoms with E-state index in [1.165, 1.54) is 0 Å². The zero-order chi connectivity index (χ0) is 36.7. The Morgan fingerprint density at radius 2 is 0.821 bits per heavy atom. The number of hydrogen-bond donors (Lipinski definition) is 0. The van der Waals surface area contributed by atoms with Crippen LogP contribution in [0, 0.1) is 0 Å². The van der Waals surface area contributed by atoms with Crippen molar-refractivity contribution >= 4 is 93.7 Å². The third-order valence-electron chi connectivity index (χ3n) is 11.3. The van der Waals surface area contributed by atoms with Crippen LogP contribution in [0.2, 0.25) is 0 Å². The first kappa shape index (κ1) is 30.9. The number of benzene rings is 9. The molecule has 262 valence electrons. The molecule has 0 atom stereocenters. The maximum absolute atomic E-state index is 6.77. The van der Waals surface area contributed by atoms with Crippen LogP contribution in [0.1, 0.15) is 0 Å². The fraction of sp³-hybridized carbons (Fsp3) is 0. The van der Waals surface area contributed by atoms with E-state index in [0.717, 1.165) is 116 Å². The summed E-state index contributed by atoms with van der Waals surface area (Å²) in [5, 5.41) is 8.85. The standard InChI is InChI=1S/C52H31NO3/c1-2-11-32(12-3-1)37-17-10-18-43-46-31-44(38-13-4-5-16-42(38)52(46)56-51(37)43)33-21-23-34(24-22-33)53(35-26-28-49-45(29-35)40-15-7-9-20-48(40)54-49)36-25-27-41-39-14-6-8-19-47(39)55-50(41)30-36/h1-31H. The number of anilines is 3. The zero-order valence-corrected chi connectivity index (χ0v) is 30.1. The van der Waals surface area contributed by atoms with Crippen LogP contribution < -0.4 is 4.90 Å². The average molecular weight is 718 g/mol. The van der Waals surface area contributed by atoms with Gasteiger partial charge >= 0.3 is 0 Å². The molecule has 0 aliphatic rings. The summed E-state index contributed by atoms with van der Waals surface area (Å²) in [5.41, 5.74) is 12.9. The quantitative estimate of drug-likeness (QED) is 0.178. The summed E-state index contributed by atoms with van der Waals surface area (Å²) in [6.07, 6.45) is 0. The maximum atomic E-state index is 6.77. The van der Waals surface area contributed by atoms with Crippen molar-refractivity contribution in [3.8, 4) is 22.3 Å². The average Bonchev–Trinajstić information content (AvgIpc) is 3.95. The minimum atomic E-state index is 0.850. The molecule has 9 aromatic carbocycles. The summed E-state index contributed by atoms with van der Waals surface area (Å²) in [5.74, 6) is 0. The van der Waals surface area contributed by atoms with Crippen LogP contribution >= 0.6 is 0 Å². The Hall–Kier alpha value is -7.56. The first-order valence-corrected chi connectivity index (χ1v) is 18.9. The van der Waals surface area contributed by atoms with E-state index in [2.05, 4.69) is 163 Å². The molecule has 4 heteroatoms. The Balaban J connectivity index is 1.03. The van der Waals surface area contributed by atoms with Crippen LogP contribution in [0.15, 0.2) is 201 Å². The second-order valence-electron chi connectivity index (χ2n) is 14.4. The van der Waals surface area contributed by atoms with Gasteiger partial charge in [-0.25, -0.2) is 0 Å². The summed E-state index contributed by atoms with van der Waals surface area (Å²) >= 11 is 0. The Bertz CT molecular complexity index is 3480. The largest absolute Gasteiger partial charge is 0.456 e. The molecule has 12 aromatic rings. The third kappa shape index (κ3) is 4.66. The molecule has 0 fully saturated rings. The lowest BCUT2D eigenvalue weighted by molar-refractivity contribution is 0.668. The predicted molar refractivity (Wildman–Crippen MR) is 231 cm³/mol. The second kappa shape index (κ2) is 12.0. The van der Waals surface area contributed by atoms with E-state index < -0.39 is 0 Å². The predicted octanol–water partition coefficient (Wildman–Crippen LogP) is 15.3. The molecule has 0 unspecified atom stereocenters. The number of fused-ring (bicyclic) bond motifs is 11. The van der Waals surface area contributed by atoms with Crippen molar-refractivity contribution in [3.05, 3.63) is 188 Å². The van der Waals surface area contributed by atoms with E-state index in [1.807, 2.05) is 30.3 Å². The molecule has 0 saturated heterocycles. The van der Waals surface area contributed by atoms with Gasteiger partial charge in [-0.15, -0.1) is 0 Å². The Morgan fingerprint density at radius 3 is 1.62 bits per heavy atom. The minimum absolute atomic E-state index is 0.850. The smallest absolute Gasteiger partial charge is 0.143 e. The zero-order valence-electron chi connectivity index (χ0n) is 30.1. The molecule has 0 bridgehead atoms. The van der Waals surface area contributed by atoms with Gasteiger partial charge in [0.05, 0.1) is 0 Å². The highest BCUT2D eigenvalue weighted by Gasteiger charge is 2.20. The molecule has 0 aliphatic carbocycles. The number of furan rings is 3. The van der Waals surface area contributed by atoms with E-state index in [1.54, 1.807) is 0 Å². The van der Waals surface area contributed by atoms with Gasteiger partial charge in [0.15, 0.2) is 0 Å². The van der Waals surface area contributed by atoms with Crippen molar-refractivity contribution in [1.82, 2.24) is 0 Å². The Morgan fingerprint density at radius 1 is 0.268 bits per heavy atom. The fourth-order valence-electron chi connectivity index (χ4n) is 8.65. The van der Waals surface area contributed by atoms with Crippen LogP contribution in [-0.2, 0) is 0 Å². The molecule has 0 radical (unpaired) electrons. The lowest BCUT2D eigenvalue weighted by Crippen LogP contribution is -2.09. The summed E-state index contributed by atoms with van der Waals surface area (Å²) in [7, 11) is 0. The SMILES string of the molecule is c1ccc(-c2cccc3c2oc2c4ccccc4c(-c4ccc(N(c5ccc6c(c5)oc5ccccc56)c5ccc6oc7ccccc7c6c5)cc4)cc32)cc1. The van der Waals surface area contributed by atoms with E-state index in [0.29, 0.717) is 0 Å². The summed E-state index contributed by atoms with van der Waals surface area (Å²) in [6, 6.07) is 66.1. The van der Waals surface area contributed by atoms with Gasteiger partial charge in [0.2, 0.25) is 0 Å². The van der Waals surface area contributed by atoms with Crippen molar-refractivity contribution < 1.29 is 13.3 Å². The monoisotopic (exact) mass is 717 g/mol. The third-order valence-corrected chi connectivity index (χ3v) is 11.3. The molecule has 4 nitrogen and oxygen atoms in total. The first-order valence-electron chi connectivity index (χ1n) is 18.9. The van der Waals surface area contributed by atoms with Gasteiger partial charge in [-0.2, -0.15) is 0 Å². The topological polar surface area (TPSA) is 42.7 Å². The number of para-hydroxylation sites is 3. The lowest BCUT2D eigenvalue weighted by atomic mass is 9.94. The van der Waals surface area contributed by atoms with Gasteiger partial charge in [-0.1, -0.05) is 121 Å². The summed E-state index contributed by atoms with van der Waals surface area (Å²) in [6.45, 7) is 0. The van der Waals surface area contributed by atoms with E-state index in [9.17, 15) is 0 Å². The number of nitrogens with zero attached hydrogens (tertiary/aromatic N) is 1. The number of rotatable bonds is 5. The van der Waals surface area contributed by atoms with Gasteiger partial charge in [0, 0.05) is 66.4 Å². The number of hydrogen-bond acceptors (Lipinski definition) is 4. The van der Waals surface area contributed by atoms with Crippen LogP contribution in [0.3, 0.4) is 0 Å². The lowest BCUT2D eigenvalue weighted by Gasteiger charge is -2.26. The molecule has 56 heavy (non-hydrogen) atoms. The van der Waals surface area contributed by atoms with Crippen molar-refractivity contribution in [2.75, 3.05) is 4.90 Å². The Labute approximate surface area is 321 Å². The maximum Gasteiger partial charge on any atom is 0.143 e. The molecule has 3 aromatic heterocycles. The van der Waals surface area contributed by atoms with Gasteiger partial charge in [-0.3, -0.25) is 0 Å². The van der Waals surface area contributed by atoms with Crippen LogP contribution in [0.25, 0.3) is 98.8 Å². The molecule has 0 N–H and O–H groups in total. The van der Waals surface area contributed by atoms with Crippen LogP contribution in [-0.4, -0.2) is 0 Å². The van der Waals surface area contributed by atoms with E-state index >= 15 is 0 Å². The van der Waals surface area contributed by atoms with Crippen molar-refractivity contribution in [2.24, 2.45) is 0 Å². The molecule has 0 spiro atoms.